The summed E-state index contributed by atoms with van der Waals surface area (Å²) in [6.45, 7) is 4.60. The molecule has 3 aromatic rings. The van der Waals surface area contributed by atoms with Crippen LogP contribution in [0, 0.1) is 6.92 Å². The third kappa shape index (κ3) is 5.31. The van der Waals surface area contributed by atoms with Gasteiger partial charge in [0.25, 0.3) is 5.91 Å². The molecule has 0 aliphatic carbocycles. The molecule has 1 amide bonds. The molecule has 0 spiro atoms. The summed E-state index contributed by atoms with van der Waals surface area (Å²) < 4.78 is 5.75. The van der Waals surface area contributed by atoms with Gasteiger partial charge in [0, 0.05) is 21.8 Å². The fourth-order valence-corrected chi connectivity index (χ4v) is 3.74. The van der Waals surface area contributed by atoms with Gasteiger partial charge < -0.3 is 10.1 Å². The SMILES string of the molecule is CCOc1ccc(C(=O)Nc2ccccc2Cl)cc1CSc1ccc(C)cc1. The summed E-state index contributed by atoms with van der Waals surface area (Å²) in [7, 11) is 0. The first-order valence-corrected chi connectivity index (χ1v) is 10.4. The quantitative estimate of drug-likeness (QED) is 0.445. The highest BCUT2D eigenvalue weighted by atomic mass is 35.5. The van der Waals surface area contributed by atoms with Gasteiger partial charge in [-0.2, -0.15) is 0 Å². The molecule has 1 N–H and O–H groups in total. The summed E-state index contributed by atoms with van der Waals surface area (Å²) >= 11 is 7.86. The van der Waals surface area contributed by atoms with E-state index in [2.05, 4.69) is 36.5 Å². The standard InChI is InChI=1S/C23H22ClNO2S/c1-3-27-22-13-10-17(23(26)25-21-7-5-4-6-20(21)24)14-18(22)15-28-19-11-8-16(2)9-12-19/h4-14H,3,15H2,1-2H3,(H,25,26). The molecule has 5 heteroatoms. The molecule has 3 aromatic carbocycles. The molecule has 0 aromatic heterocycles. The maximum atomic E-state index is 12.7. The number of amides is 1. The molecule has 0 aliphatic heterocycles. The Labute approximate surface area is 175 Å². The zero-order chi connectivity index (χ0) is 19.9. The minimum absolute atomic E-state index is 0.197. The number of carbonyl (C=O) groups is 1. The average Bonchev–Trinajstić information content (AvgIpc) is 2.70. The highest BCUT2D eigenvalue weighted by molar-refractivity contribution is 7.98. The van der Waals surface area contributed by atoms with Crippen molar-refractivity contribution in [1.29, 1.82) is 0 Å². The van der Waals surface area contributed by atoms with E-state index in [-0.39, 0.29) is 5.91 Å². The Balaban J connectivity index is 1.79. The monoisotopic (exact) mass is 411 g/mol. The van der Waals surface area contributed by atoms with Gasteiger partial charge in [0.1, 0.15) is 5.75 Å². The van der Waals surface area contributed by atoms with Crippen molar-refractivity contribution in [3.63, 3.8) is 0 Å². The van der Waals surface area contributed by atoms with Crippen LogP contribution in [0.2, 0.25) is 5.02 Å². The smallest absolute Gasteiger partial charge is 0.255 e. The van der Waals surface area contributed by atoms with Crippen LogP contribution in [0.15, 0.2) is 71.6 Å². The first-order valence-electron chi connectivity index (χ1n) is 9.08. The van der Waals surface area contributed by atoms with Crippen molar-refractivity contribution < 1.29 is 9.53 Å². The highest BCUT2D eigenvalue weighted by Crippen LogP contribution is 2.30. The summed E-state index contributed by atoms with van der Waals surface area (Å²) in [5.74, 6) is 1.32. The third-order valence-electron chi connectivity index (χ3n) is 4.16. The van der Waals surface area contributed by atoms with Crippen molar-refractivity contribution >= 4 is 35.0 Å². The fraction of sp³-hybridized carbons (Fsp3) is 0.174. The molecular formula is C23H22ClNO2S. The van der Waals surface area contributed by atoms with Gasteiger partial charge in [0.05, 0.1) is 17.3 Å². The first kappa shape index (κ1) is 20.3. The van der Waals surface area contributed by atoms with Gasteiger partial charge in [-0.3, -0.25) is 4.79 Å². The van der Waals surface area contributed by atoms with E-state index in [1.165, 1.54) is 10.5 Å². The van der Waals surface area contributed by atoms with Crippen molar-refractivity contribution in [2.45, 2.75) is 24.5 Å². The van der Waals surface area contributed by atoms with Crippen LogP contribution < -0.4 is 10.1 Å². The van der Waals surface area contributed by atoms with Crippen LogP contribution in [0.3, 0.4) is 0 Å². The van der Waals surface area contributed by atoms with Crippen molar-refractivity contribution in [3.8, 4) is 5.75 Å². The van der Waals surface area contributed by atoms with Gasteiger partial charge in [-0.25, -0.2) is 0 Å². The number of nitrogens with one attached hydrogen (secondary N) is 1. The molecule has 3 nitrogen and oxygen atoms in total. The number of ether oxygens (including phenoxy) is 1. The molecule has 0 saturated heterocycles. The second-order valence-corrected chi connectivity index (χ2v) is 7.75. The van der Waals surface area contributed by atoms with Crippen molar-refractivity contribution in [2.24, 2.45) is 0 Å². The second kappa shape index (κ2) is 9.67. The van der Waals surface area contributed by atoms with Gasteiger partial charge in [-0.1, -0.05) is 41.4 Å². The maximum Gasteiger partial charge on any atom is 0.255 e. The van der Waals surface area contributed by atoms with Gasteiger partial charge >= 0.3 is 0 Å². The number of hydrogen-bond acceptors (Lipinski definition) is 3. The summed E-state index contributed by atoms with van der Waals surface area (Å²) in [6.07, 6.45) is 0. The van der Waals surface area contributed by atoms with E-state index in [4.69, 9.17) is 16.3 Å². The van der Waals surface area contributed by atoms with Crippen LogP contribution in [0.1, 0.15) is 28.4 Å². The zero-order valence-corrected chi connectivity index (χ0v) is 17.4. The lowest BCUT2D eigenvalue weighted by molar-refractivity contribution is 0.102. The minimum atomic E-state index is -0.197. The van der Waals surface area contributed by atoms with Crippen LogP contribution in [0.5, 0.6) is 5.75 Å². The lowest BCUT2D eigenvalue weighted by atomic mass is 10.1. The number of carbonyl (C=O) groups excluding carboxylic acids is 1. The molecule has 0 saturated carbocycles. The number of rotatable bonds is 7. The Kier molecular flexibility index (Phi) is 7.01. The van der Waals surface area contributed by atoms with E-state index >= 15 is 0 Å². The number of benzene rings is 3. The average molecular weight is 412 g/mol. The fourth-order valence-electron chi connectivity index (χ4n) is 2.68. The summed E-state index contributed by atoms with van der Waals surface area (Å²) in [5.41, 5.74) is 3.39. The Morgan fingerprint density at radius 2 is 1.82 bits per heavy atom. The minimum Gasteiger partial charge on any atom is -0.494 e. The molecule has 0 unspecified atom stereocenters. The van der Waals surface area contributed by atoms with Crippen LogP contribution >= 0.6 is 23.4 Å². The number of para-hydroxylation sites is 1. The van der Waals surface area contributed by atoms with Crippen molar-refractivity contribution in [3.05, 3.63) is 88.4 Å². The number of hydrogen-bond donors (Lipinski definition) is 1. The van der Waals surface area contributed by atoms with Gasteiger partial charge in [0.2, 0.25) is 0 Å². The first-order chi connectivity index (χ1) is 13.6. The number of halogens is 1. The third-order valence-corrected chi connectivity index (χ3v) is 5.55. The van der Waals surface area contributed by atoms with E-state index in [9.17, 15) is 4.79 Å². The highest BCUT2D eigenvalue weighted by Gasteiger charge is 2.12. The predicted octanol–water partition coefficient (Wildman–Crippen LogP) is 6.59. The van der Waals surface area contributed by atoms with Crippen LogP contribution in [0.4, 0.5) is 5.69 Å². The molecule has 0 aliphatic rings. The summed E-state index contributed by atoms with van der Waals surface area (Å²) in [6, 6.07) is 21.1. The van der Waals surface area contributed by atoms with Crippen LogP contribution in [-0.2, 0) is 5.75 Å². The normalized spacial score (nSPS) is 10.5. The summed E-state index contributed by atoms with van der Waals surface area (Å²) in [5, 5.41) is 3.38. The van der Waals surface area contributed by atoms with E-state index in [1.807, 2.05) is 31.2 Å². The molecule has 0 bridgehead atoms. The lowest BCUT2D eigenvalue weighted by Gasteiger charge is -2.13. The molecule has 28 heavy (non-hydrogen) atoms. The molecular weight excluding hydrogens is 390 g/mol. The van der Waals surface area contributed by atoms with Crippen LogP contribution in [0.25, 0.3) is 0 Å². The zero-order valence-electron chi connectivity index (χ0n) is 15.9. The topological polar surface area (TPSA) is 38.3 Å². The van der Waals surface area contributed by atoms with E-state index in [0.29, 0.717) is 28.6 Å². The molecule has 0 fully saturated rings. The molecule has 144 valence electrons. The second-order valence-electron chi connectivity index (χ2n) is 6.29. The van der Waals surface area contributed by atoms with E-state index < -0.39 is 0 Å². The van der Waals surface area contributed by atoms with Crippen LogP contribution in [-0.4, -0.2) is 12.5 Å². The van der Waals surface area contributed by atoms with Gasteiger partial charge in [0.15, 0.2) is 0 Å². The van der Waals surface area contributed by atoms with E-state index in [0.717, 1.165) is 11.3 Å². The maximum absolute atomic E-state index is 12.7. The Morgan fingerprint density at radius 1 is 1.07 bits per heavy atom. The summed E-state index contributed by atoms with van der Waals surface area (Å²) in [4.78, 5) is 13.9. The Bertz CT molecular complexity index is 957. The number of aryl methyl sites for hydroxylation is 1. The van der Waals surface area contributed by atoms with Gasteiger partial charge in [-0.15, -0.1) is 11.8 Å². The van der Waals surface area contributed by atoms with Crippen molar-refractivity contribution in [2.75, 3.05) is 11.9 Å². The molecule has 0 radical (unpaired) electrons. The number of anilines is 1. The van der Waals surface area contributed by atoms with E-state index in [1.54, 1.807) is 30.0 Å². The lowest BCUT2D eigenvalue weighted by Crippen LogP contribution is -2.12. The Morgan fingerprint density at radius 3 is 2.54 bits per heavy atom. The van der Waals surface area contributed by atoms with Gasteiger partial charge in [-0.05, 0) is 56.3 Å². The largest absolute Gasteiger partial charge is 0.494 e. The molecule has 3 rings (SSSR count). The molecule has 0 atom stereocenters. The number of thioether (sulfide) groups is 1. The predicted molar refractivity (Wildman–Crippen MR) is 118 cm³/mol. The van der Waals surface area contributed by atoms with Crippen molar-refractivity contribution in [1.82, 2.24) is 0 Å². The Hall–Kier alpha value is -2.43. The molecule has 0 heterocycles.